The van der Waals surface area contributed by atoms with Crippen molar-refractivity contribution in [2.45, 2.75) is 32.1 Å². The van der Waals surface area contributed by atoms with Gasteiger partial charge in [0.05, 0.1) is 18.6 Å². The van der Waals surface area contributed by atoms with Crippen molar-refractivity contribution in [3.05, 3.63) is 28.8 Å². The SMILES string of the molecule is COc1ccc(Cl)cc1C(=O)NNC(=O)COC(=O)C1C[C@H]2CCC[C@H](C1)C2=O. The third-order valence-corrected chi connectivity index (χ3v) is 5.68. The van der Waals surface area contributed by atoms with E-state index in [1.165, 1.54) is 19.2 Å². The first-order valence-electron chi connectivity index (χ1n) is 9.52. The van der Waals surface area contributed by atoms with Gasteiger partial charge in [0.25, 0.3) is 11.8 Å². The number of carbonyl (C=O) groups excluding carboxylic acids is 4. The summed E-state index contributed by atoms with van der Waals surface area (Å²) in [6.07, 6.45) is 3.63. The summed E-state index contributed by atoms with van der Waals surface area (Å²) < 4.78 is 10.2. The highest BCUT2D eigenvalue weighted by atomic mass is 35.5. The molecule has 9 heteroatoms. The molecule has 0 saturated heterocycles. The van der Waals surface area contributed by atoms with Crippen molar-refractivity contribution in [3.63, 3.8) is 0 Å². The Morgan fingerprint density at radius 3 is 2.48 bits per heavy atom. The Bertz CT molecular complexity index is 811. The molecule has 8 nitrogen and oxygen atoms in total. The Hall–Kier alpha value is -2.61. The zero-order valence-corrected chi connectivity index (χ0v) is 16.8. The van der Waals surface area contributed by atoms with Gasteiger partial charge in [-0.1, -0.05) is 18.0 Å². The van der Waals surface area contributed by atoms with Crippen LogP contribution in [-0.2, 0) is 19.1 Å². The van der Waals surface area contributed by atoms with Gasteiger partial charge >= 0.3 is 5.97 Å². The lowest BCUT2D eigenvalue weighted by molar-refractivity contribution is -0.156. The minimum atomic E-state index is -0.681. The Kier molecular flexibility index (Phi) is 6.74. The third kappa shape index (κ3) is 5.06. The van der Waals surface area contributed by atoms with Crippen LogP contribution in [0.15, 0.2) is 18.2 Å². The molecule has 0 heterocycles. The standard InChI is InChI=1S/C20H23ClN2O6/c1-28-16-6-5-14(21)9-15(16)19(26)23-22-17(24)10-29-20(27)13-7-11-3-2-4-12(8-13)18(11)25/h5-6,9,11-13H,2-4,7-8,10H2,1H3,(H,22,24)(H,23,26)/t11-,12-/m1/s1. The van der Waals surface area contributed by atoms with Gasteiger partial charge in [-0.05, 0) is 43.9 Å². The zero-order valence-electron chi connectivity index (χ0n) is 16.0. The van der Waals surface area contributed by atoms with Crippen molar-refractivity contribution >= 4 is 35.2 Å². The maximum atomic E-state index is 12.3. The summed E-state index contributed by atoms with van der Waals surface area (Å²) in [7, 11) is 1.41. The molecule has 29 heavy (non-hydrogen) atoms. The number of rotatable bonds is 5. The van der Waals surface area contributed by atoms with Crippen LogP contribution in [-0.4, -0.2) is 37.3 Å². The first-order chi connectivity index (χ1) is 13.9. The summed E-state index contributed by atoms with van der Waals surface area (Å²) in [5.41, 5.74) is 4.57. The number of ketones is 1. The Balaban J connectivity index is 1.45. The molecule has 2 aliphatic carbocycles. The number of fused-ring (bicyclic) bond motifs is 2. The topological polar surface area (TPSA) is 111 Å². The van der Waals surface area contributed by atoms with E-state index in [0.29, 0.717) is 23.6 Å². The molecular formula is C20H23ClN2O6. The summed E-state index contributed by atoms with van der Waals surface area (Å²) in [6, 6.07) is 4.51. The fraction of sp³-hybridized carbons (Fsp3) is 0.500. The lowest BCUT2D eigenvalue weighted by atomic mass is 9.67. The number of hydrazine groups is 1. The van der Waals surface area contributed by atoms with Gasteiger partial charge in [0, 0.05) is 16.9 Å². The van der Waals surface area contributed by atoms with E-state index >= 15 is 0 Å². The quantitative estimate of drug-likeness (QED) is 0.555. The number of Topliss-reactive ketones (excluding diaryl/α,β-unsaturated/α-hetero) is 1. The predicted molar refractivity (Wildman–Crippen MR) is 103 cm³/mol. The third-order valence-electron chi connectivity index (χ3n) is 5.45. The molecule has 0 aromatic heterocycles. The van der Waals surface area contributed by atoms with E-state index in [1.54, 1.807) is 6.07 Å². The van der Waals surface area contributed by atoms with Gasteiger partial charge in [-0.3, -0.25) is 30.0 Å². The van der Waals surface area contributed by atoms with E-state index in [4.69, 9.17) is 21.1 Å². The van der Waals surface area contributed by atoms with Crippen molar-refractivity contribution in [2.24, 2.45) is 17.8 Å². The highest BCUT2D eigenvalue weighted by molar-refractivity contribution is 6.31. The average Bonchev–Trinajstić information content (AvgIpc) is 2.70. The van der Waals surface area contributed by atoms with Crippen LogP contribution in [0.25, 0.3) is 0 Å². The molecule has 0 radical (unpaired) electrons. The monoisotopic (exact) mass is 422 g/mol. The smallest absolute Gasteiger partial charge is 0.309 e. The fourth-order valence-electron chi connectivity index (χ4n) is 4.01. The zero-order chi connectivity index (χ0) is 21.0. The molecule has 2 bridgehead atoms. The van der Waals surface area contributed by atoms with Crippen LogP contribution in [0.5, 0.6) is 5.75 Å². The molecule has 2 amide bonds. The van der Waals surface area contributed by atoms with Gasteiger partial charge in [0.1, 0.15) is 11.5 Å². The number of esters is 1. The van der Waals surface area contributed by atoms with E-state index in [-0.39, 0.29) is 29.1 Å². The van der Waals surface area contributed by atoms with Crippen molar-refractivity contribution in [3.8, 4) is 5.75 Å². The van der Waals surface area contributed by atoms with Crippen molar-refractivity contribution in [2.75, 3.05) is 13.7 Å². The molecule has 1 aromatic carbocycles. The summed E-state index contributed by atoms with van der Waals surface area (Å²) >= 11 is 5.88. The van der Waals surface area contributed by atoms with E-state index in [1.807, 2.05) is 0 Å². The van der Waals surface area contributed by atoms with Crippen molar-refractivity contribution in [1.82, 2.24) is 10.9 Å². The van der Waals surface area contributed by atoms with Gasteiger partial charge in [-0.2, -0.15) is 0 Å². The van der Waals surface area contributed by atoms with Crippen LogP contribution in [0.1, 0.15) is 42.5 Å². The second-order valence-electron chi connectivity index (χ2n) is 7.35. The first-order valence-corrected chi connectivity index (χ1v) is 9.90. The molecule has 2 N–H and O–H groups in total. The van der Waals surface area contributed by atoms with Crippen LogP contribution >= 0.6 is 11.6 Å². The fourth-order valence-corrected chi connectivity index (χ4v) is 4.19. The van der Waals surface area contributed by atoms with Crippen LogP contribution in [0.4, 0.5) is 0 Å². The largest absolute Gasteiger partial charge is 0.496 e. The van der Waals surface area contributed by atoms with E-state index in [9.17, 15) is 19.2 Å². The molecule has 2 aliphatic rings. The number of halogens is 1. The van der Waals surface area contributed by atoms with Crippen molar-refractivity contribution in [1.29, 1.82) is 0 Å². The van der Waals surface area contributed by atoms with E-state index < -0.39 is 24.4 Å². The second-order valence-corrected chi connectivity index (χ2v) is 7.79. The molecule has 2 atom stereocenters. The number of ether oxygens (including phenoxy) is 2. The average molecular weight is 423 g/mol. The number of hydrogen-bond acceptors (Lipinski definition) is 6. The Labute approximate surface area is 173 Å². The summed E-state index contributed by atoms with van der Waals surface area (Å²) in [5, 5.41) is 0.340. The molecule has 0 aliphatic heterocycles. The lowest BCUT2D eigenvalue weighted by Crippen LogP contribution is -2.44. The summed E-state index contributed by atoms with van der Waals surface area (Å²) in [4.78, 5) is 48.5. The number of amides is 2. The van der Waals surface area contributed by atoms with Gasteiger partial charge < -0.3 is 9.47 Å². The molecule has 0 spiro atoms. The Morgan fingerprint density at radius 1 is 1.14 bits per heavy atom. The van der Waals surface area contributed by atoms with Crippen LogP contribution in [0.3, 0.4) is 0 Å². The minimum Gasteiger partial charge on any atom is -0.496 e. The number of carbonyl (C=O) groups is 4. The highest BCUT2D eigenvalue weighted by Crippen LogP contribution is 2.40. The maximum Gasteiger partial charge on any atom is 0.309 e. The molecule has 2 fully saturated rings. The maximum absolute atomic E-state index is 12.3. The normalized spacial score (nSPS) is 23.1. The van der Waals surface area contributed by atoms with Crippen molar-refractivity contribution < 1.29 is 28.7 Å². The molecule has 156 valence electrons. The summed E-state index contributed by atoms with van der Waals surface area (Å²) in [6.45, 7) is -0.522. The summed E-state index contributed by atoms with van der Waals surface area (Å²) in [5.74, 6) is -1.72. The number of hydrogen-bond donors (Lipinski definition) is 2. The van der Waals surface area contributed by atoms with Crippen LogP contribution < -0.4 is 15.6 Å². The van der Waals surface area contributed by atoms with Gasteiger partial charge in [0.2, 0.25) is 0 Å². The van der Waals surface area contributed by atoms with Crippen LogP contribution in [0, 0.1) is 17.8 Å². The van der Waals surface area contributed by atoms with Crippen LogP contribution in [0.2, 0.25) is 5.02 Å². The molecule has 3 rings (SSSR count). The number of benzene rings is 1. The number of methoxy groups -OCH3 is 1. The van der Waals surface area contributed by atoms with Gasteiger partial charge in [0.15, 0.2) is 6.61 Å². The lowest BCUT2D eigenvalue weighted by Gasteiger charge is -2.36. The highest BCUT2D eigenvalue weighted by Gasteiger charge is 2.41. The molecular weight excluding hydrogens is 400 g/mol. The molecule has 0 unspecified atom stereocenters. The first kappa shape index (κ1) is 21.1. The van der Waals surface area contributed by atoms with Gasteiger partial charge in [-0.25, -0.2) is 0 Å². The number of nitrogens with one attached hydrogen (secondary N) is 2. The second kappa shape index (κ2) is 9.26. The Morgan fingerprint density at radius 2 is 1.83 bits per heavy atom. The molecule has 2 saturated carbocycles. The molecule has 1 aromatic rings. The van der Waals surface area contributed by atoms with E-state index in [2.05, 4.69) is 10.9 Å². The van der Waals surface area contributed by atoms with Gasteiger partial charge in [-0.15, -0.1) is 0 Å². The predicted octanol–water partition coefficient (Wildman–Crippen LogP) is 2.05. The minimum absolute atomic E-state index is 0.0687. The van der Waals surface area contributed by atoms with E-state index in [0.717, 1.165) is 19.3 Å².